The summed E-state index contributed by atoms with van der Waals surface area (Å²) in [5, 5.41) is 2.69. The first-order valence-corrected chi connectivity index (χ1v) is 12.3. The highest BCUT2D eigenvalue weighted by Gasteiger charge is 2.20. The van der Waals surface area contributed by atoms with Crippen molar-refractivity contribution in [1.29, 1.82) is 0 Å². The van der Waals surface area contributed by atoms with E-state index < -0.39 is 28.2 Å². The van der Waals surface area contributed by atoms with Crippen molar-refractivity contribution in [3.05, 3.63) is 95.6 Å². The molecule has 1 N–H and O–H groups in total. The lowest BCUT2D eigenvalue weighted by Gasteiger charge is -2.18. The molecule has 0 aromatic heterocycles. The van der Waals surface area contributed by atoms with Crippen LogP contribution in [0.2, 0.25) is 0 Å². The maximum atomic E-state index is 12.5. The number of carbonyl (C=O) groups excluding carboxylic acids is 2. The van der Waals surface area contributed by atoms with Gasteiger partial charge in [-0.2, -0.15) is 8.42 Å². The summed E-state index contributed by atoms with van der Waals surface area (Å²) in [6, 6.07) is 21.4. The molecule has 1 amide bonds. The number of ether oxygens (including phenoxy) is 2. The molecule has 3 aromatic carbocycles. The molecule has 0 aliphatic carbocycles. The molecule has 8 nitrogen and oxygen atoms in total. The van der Waals surface area contributed by atoms with Crippen molar-refractivity contribution in [3.63, 3.8) is 0 Å². The number of esters is 1. The molecule has 1 unspecified atom stereocenters. The Balaban J connectivity index is 1.62. The minimum absolute atomic E-state index is 0.0585. The van der Waals surface area contributed by atoms with Crippen LogP contribution in [0.15, 0.2) is 83.8 Å². The van der Waals surface area contributed by atoms with E-state index in [1.807, 2.05) is 37.3 Å². The van der Waals surface area contributed by atoms with Crippen LogP contribution in [0.3, 0.4) is 0 Å². The molecule has 0 bridgehead atoms. The number of alkyl carbamates (subject to hydrolysis) is 1. The van der Waals surface area contributed by atoms with Gasteiger partial charge < -0.3 is 19.0 Å². The summed E-state index contributed by atoms with van der Waals surface area (Å²) in [6.45, 7) is 1.96. The molecule has 0 heterocycles. The third-order valence-corrected chi connectivity index (χ3v) is 6.36. The molecule has 0 aliphatic heterocycles. The smallest absolute Gasteiger partial charge is 0.407 e. The number of hydrogen-bond donors (Lipinski definition) is 1. The van der Waals surface area contributed by atoms with Gasteiger partial charge in [-0.3, -0.25) is 4.79 Å². The molecule has 3 aromatic rings. The molecular formula is C26H27NO7S. The Kier molecular flexibility index (Phi) is 8.86. The largest absolute Gasteiger partial charge is 0.469 e. The molecule has 9 heteroatoms. The summed E-state index contributed by atoms with van der Waals surface area (Å²) in [5.41, 5.74) is 2.53. The van der Waals surface area contributed by atoms with Crippen LogP contribution in [-0.4, -0.2) is 33.6 Å². The first-order valence-electron chi connectivity index (χ1n) is 10.9. The fraction of sp³-hybridized carbons (Fsp3) is 0.231. The van der Waals surface area contributed by atoms with Gasteiger partial charge in [0.25, 0.3) is 0 Å². The predicted molar refractivity (Wildman–Crippen MR) is 129 cm³/mol. The van der Waals surface area contributed by atoms with E-state index in [1.54, 1.807) is 24.3 Å². The van der Waals surface area contributed by atoms with E-state index in [-0.39, 0.29) is 23.7 Å². The molecule has 0 fully saturated rings. The van der Waals surface area contributed by atoms with Crippen molar-refractivity contribution >= 4 is 22.2 Å². The Morgan fingerprint density at radius 1 is 0.886 bits per heavy atom. The maximum Gasteiger partial charge on any atom is 0.407 e. The monoisotopic (exact) mass is 497 g/mol. The van der Waals surface area contributed by atoms with Crippen molar-refractivity contribution in [2.45, 2.75) is 37.3 Å². The highest BCUT2D eigenvalue weighted by molar-refractivity contribution is 7.87. The summed E-state index contributed by atoms with van der Waals surface area (Å²) in [5.74, 6) is -0.337. The third kappa shape index (κ3) is 8.15. The zero-order valence-electron chi connectivity index (χ0n) is 19.5. The van der Waals surface area contributed by atoms with Crippen molar-refractivity contribution in [3.8, 4) is 5.75 Å². The zero-order valence-corrected chi connectivity index (χ0v) is 20.3. The van der Waals surface area contributed by atoms with Crippen LogP contribution in [0.1, 0.15) is 23.1 Å². The summed E-state index contributed by atoms with van der Waals surface area (Å²) in [6.07, 6.45) is -0.427. The first kappa shape index (κ1) is 25.8. The van der Waals surface area contributed by atoms with E-state index >= 15 is 0 Å². The number of carbonyl (C=O) groups is 2. The lowest BCUT2D eigenvalue weighted by atomic mass is 10.0. The molecule has 3 rings (SSSR count). The minimum atomic E-state index is -3.97. The summed E-state index contributed by atoms with van der Waals surface area (Å²) >= 11 is 0. The Labute approximate surface area is 205 Å². The lowest BCUT2D eigenvalue weighted by molar-refractivity contribution is -0.141. The van der Waals surface area contributed by atoms with Crippen molar-refractivity contribution in [2.75, 3.05) is 7.11 Å². The second kappa shape index (κ2) is 12.0. The molecule has 0 saturated carbocycles. The second-order valence-electron chi connectivity index (χ2n) is 7.88. The summed E-state index contributed by atoms with van der Waals surface area (Å²) < 4.78 is 40.2. The minimum Gasteiger partial charge on any atom is -0.469 e. The summed E-state index contributed by atoms with van der Waals surface area (Å²) in [4.78, 5) is 24.2. The Bertz CT molecular complexity index is 1220. The number of methoxy groups -OCH3 is 1. The highest BCUT2D eigenvalue weighted by Crippen LogP contribution is 2.20. The number of amides is 1. The molecular weight excluding hydrogens is 470 g/mol. The van der Waals surface area contributed by atoms with Crippen LogP contribution in [0.4, 0.5) is 4.79 Å². The third-order valence-electron chi connectivity index (χ3n) is 5.10. The van der Waals surface area contributed by atoms with Gasteiger partial charge in [0.1, 0.15) is 17.3 Å². The van der Waals surface area contributed by atoms with Crippen LogP contribution in [-0.2, 0) is 37.4 Å². The second-order valence-corrected chi connectivity index (χ2v) is 9.43. The molecule has 35 heavy (non-hydrogen) atoms. The van der Waals surface area contributed by atoms with E-state index in [9.17, 15) is 18.0 Å². The van der Waals surface area contributed by atoms with Crippen LogP contribution < -0.4 is 9.50 Å². The number of rotatable bonds is 10. The Morgan fingerprint density at radius 3 is 2.17 bits per heavy atom. The fourth-order valence-corrected chi connectivity index (χ4v) is 4.17. The molecule has 0 saturated heterocycles. The SMILES string of the molecule is COC(=O)CC(Cc1ccc(OS(=O)(=O)c2ccc(C)cc2)cc1)NC(=O)OCc1ccccc1. The van der Waals surface area contributed by atoms with Gasteiger partial charge in [0.05, 0.1) is 13.5 Å². The standard InChI is InChI=1S/C26H27NO7S/c1-19-8-14-24(15-9-19)35(30,31)34-23-12-10-20(11-13-23)16-22(17-25(28)32-2)27-26(29)33-18-21-6-4-3-5-7-21/h3-15,22H,16-18H2,1-2H3,(H,27,29). The maximum absolute atomic E-state index is 12.5. The lowest BCUT2D eigenvalue weighted by Crippen LogP contribution is -2.38. The van der Waals surface area contributed by atoms with Crippen molar-refractivity contribution < 1.29 is 31.7 Å². The molecule has 184 valence electrons. The number of benzene rings is 3. The first-order chi connectivity index (χ1) is 16.7. The van der Waals surface area contributed by atoms with E-state index in [4.69, 9.17) is 13.7 Å². The van der Waals surface area contributed by atoms with E-state index in [1.165, 1.54) is 31.4 Å². The van der Waals surface area contributed by atoms with E-state index in [2.05, 4.69) is 5.32 Å². The van der Waals surface area contributed by atoms with Crippen LogP contribution >= 0.6 is 0 Å². The van der Waals surface area contributed by atoms with Crippen molar-refractivity contribution in [2.24, 2.45) is 0 Å². The van der Waals surface area contributed by atoms with Gasteiger partial charge in [-0.1, -0.05) is 60.2 Å². The van der Waals surface area contributed by atoms with Crippen LogP contribution in [0.5, 0.6) is 5.75 Å². The predicted octanol–water partition coefficient (Wildman–Crippen LogP) is 4.16. The number of aryl methyl sites for hydroxylation is 1. The van der Waals surface area contributed by atoms with Gasteiger partial charge in [0.2, 0.25) is 0 Å². The fourth-order valence-electron chi connectivity index (χ4n) is 3.24. The highest BCUT2D eigenvalue weighted by atomic mass is 32.2. The van der Waals surface area contributed by atoms with Gasteiger partial charge in [0.15, 0.2) is 0 Å². The van der Waals surface area contributed by atoms with Crippen LogP contribution in [0, 0.1) is 6.92 Å². The van der Waals surface area contributed by atoms with Gasteiger partial charge in [-0.15, -0.1) is 0 Å². The van der Waals surface area contributed by atoms with Crippen molar-refractivity contribution in [1.82, 2.24) is 5.32 Å². The van der Waals surface area contributed by atoms with Gasteiger partial charge in [0, 0.05) is 6.04 Å². The van der Waals surface area contributed by atoms with Gasteiger partial charge >= 0.3 is 22.2 Å². The topological polar surface area (TPSA) is 108 Å². The van der Waals surface area contributed by atoms with E-state index in [0.717, 1.165) is 16.7 Å². The van der Waals surface area contributed by atoms with Crippen LogP contribution in [0.25, 0.3) is 0 Å². The van der Waals surface area contributed by atoms with Gasteiger partial charge in [-0.05, 0) is 48.7 Å². The Morgan fingerprint density at radius 2 is 1.54 bits per heavy atom. The normalized spacial score (nSPS) is 11.8. The molecule has 0 radical (unpaired) electrons. The van der Waals surface area contributed by atoms with Gasteiger partial charge in [-0.25, -0.2) is 4.79 Å². The molecule has 1 atom stereocenters. The average molecular weight is 498 g/mol. The average Bonchev–Trinajstić information content (AvgIpc) is 2.84. The summed E-state index contributed by atoms with van der Waals surface area (Å²) in [7, 11) is -2.69. The number of nitrogens with one attached hydrogen (secondary N) is 1. The molecule has 0 aliphatic rings. The number of hydrogen-bond acceptors (Lipinski definition) is 7. The Hall–Kier alpha value is -3.85. The van der Waals surface area contributed by atoms with E-state index in [0.29, 0.717) is 6.42 Å². The quantitative estimate of drug-likeness (QED) is 0.331. The molecule has 0 spiro atoms. The zero-order chi connectivity index (χ0) is 25.3.